The fraction of sp³-hybridized carbons (Fsp3) is 0.0312. The lowest BCUT2D eigenvalue weighted by Gasteiger charge is -2.27. The SMILES string of the molecule is C1=C(c2ccc3ccc4cccc5ccc2c3c45)C=C(c2ccc3ccccc3c2)C2Oc3c(-c4ccc5ccccc5c4)cc(-c4ccc5ccc6cccc7ccc4c5c67)cc3C12. The van der Waals surface area contributed by atoms with Crippen LogP contribution in [-0.4, -0.2) is 6.10 Å². The maximum atomic E-state index is 7.51. The highest BCUT2D eigenvalue weighted by atomic mass is 16.5. The highest BCUT2D eigenvalue weighted by Gasteiger charge is 2.41. The van der Waals surface area contributed by atoms with Crippen molar-refractivity contribution in [2.75, 3.05) is 0 Å². The summed E-state index contributed by atoms with van der Waals surface area (Å²) in [4.78, 5) is 0. The van der Waals surface area contributed by atoms with Crippen LogP contribution in [0.15, 0.2) is 218 Å². The molecule has 1 aliphatic carbocycles. The first-order valence-electron chi connectivity index (χ1n) is 22.8. The van der Waals surface area contributed by atoms with Gasteiger partial charge in [0, 0.05) is 22.6 Å². The van der Waals surface area contributed by atoms with Crippen LogP contribution in [0.4, 0.5) is 0 Å². The maximum absolute atomic E-state index is 7.51. The van der Waals surface area contributed by atoms with Crippen LogP contribution in [0.25, 0.3) is 120 Å². The van der Waals surface area contributed by atoms with Gasteiger partial charge in [0.2, 0.25) is 0 Å². The summed E-state index contributed by atoms with van der Waals surface area (Å²) < 4.78 is 7.51. The van der Waals surface area contributed by atoms with Gasteiger partial charge in [0.25, 0.3) is 0 Å². The van der Waals surface area contributed by atoms with Crippen molar-refractivity contribution in [2.45, 2.75) is 12.0 Å². The lowest BCUT2D eigenvalue weighted by molar-refractivity contribution is 0.279. The molecule has 2 aliphatic rings. The summed E-state index contributed by atoms with van der Waals surface area (Å²) in [6.07, 6.45) is 4.73. The van der Waals surface area contributed by atoms with Crippen LogP contribution in [0.3, 0.4) is 0 Å². The summed E-state index contributed by atoms with van der Waals surface area (Å²) in [5.74, 6) is 0.931. The number of allylic oxidation sites excluding steroid dienone is 2. The predicted octanol–water partition coefficient (Wildman–Crippen LogP) is 17.1. The Morgan fingerprint density at radius 3 is 1.43 bits per heavy atom. The van der Waals surface area contributed by atoms with E-state index in [1.807, 2.05) is 0 Å². The van der Waals surface area contributed by atoms with Crippen LogP contribution in [0.2, 0.25) is 0 Å². The second-order valence-electron chi connectivity index (χ2n) is 18.3. The molecule has 2 atom stereocenters. The Kier molecular flexibility index (Phi) is 7.12. The first-order valence-corrected chi connectivity index (χ1v) is 22.8. The van der Waals surface area contributed by atoms with Crippen LogP contribution in [0, 0.1) is 0 Å². The van der Waals surface area contributed by atoms with Gasteiger partial charge in [0.05, 0.1) is 0 Å². The van der Waals surface area contributed by atoms with E-state index in [1.54, 1.807) is 0 Å². The molecule has 15 rings (SSSR count). The third-order valence-electron chi connectivity index (χ3n) is 14.8. The monoisotopic (exact) mass is 822 g/mol. The highest BCUT2D eigenvalue weighted by molar-refractivity contribution is 6.26. The normalized spacial score (nSPS) is 16.0. The lowest BCUT2D eigenvalue weighted by atomic mass is 9.78. The Morgan fingerprint density at radius 2 is 0.800 bits per heavy atom. The zero-order chi connectivity index (χ0) is 42.3. The van der Waals surface area contributed by atoms with Gasteiger partial charge in [0.1, 0.15) is 11.9 Å². The van der Waals surface area contributed by atoms with Crippen molar-refractivity contribution < 1.29 is 4.74 Å². The van der Waals surface area contributed by atoms with E-state index in [0.717, 1.165) is 16.9 Å². The summed E-state index contributed by atoms with van der Waals surface area (Å²) in [6, 6.07) is 77.1. The van der Waals surface area contributed by atoms with E-state index < -0.39 is 0 Å². The van der Waals surface area contributed by atoms with E-state index in [0.29, 0.717) is 0 Å². The lowest BCUT2D eigenvalue weighted by Crippen LogP contribution is -2.22. The molecule has 0 N–H and O–H groups in total. The second kappa shape index (κ2) is 13.1. The molecule has 0 amide bonds. The van der Waals surface area contributed by atoms with Crippen LogP contribution in [0.5, 0.6) is 5.75 Å². The molecule has 13 aromatic rings. The van der Waals surface area contributed by atoms with Crippen molar-refractivity contribution in [3.05, 3.63) is 235 Å². The molecular formula is C64H38O. The minimum absolute atomic E-state index is 0.0380. The van der Waals surface area contributed by atoms with Crippen molar-refractivity contribution in [3.63, 3.8) is 0 Å². The number of rotatable bonds is 4. The fourth-order valence-corrected chi connectivity index (χ4v) is 11.8. The minimum Gasteiger partial charge on any atom is -0.484 e. The van der Waals surface area contributed by atoms with E-state index in [-0.39, 0.29) is 12.0 Å². The Balaban J connectivity index is 1.00. The first kappa shape index (κ1) is 35.2. The van der Waals surface area contributed by atoms with Crippen molar-refractivity contribution in [1.29, 1.82) is 0 Å². The van der Waals surface area contributed by atoms with Gasteiger partial charge in [-0.3, -0.25) is 0 Å². The van der Waals surface area contributed by atoms with Crippen molar-refractivity contribution in [2.24, 2.45) is 0 Å². The van der Waals surface area contributed by atoms with Crippen LogP contribution >= 0.6 is 0 Å². The summed E-state index contributed by atoms with van der Waals surface area (Å²) in [5, 5.41) is 20.5. The van der Waals surface area contributed by atoms with Crippen LogP contribution < -0.4 is 4.74 Å². The Morgan fingerprint density at radius 1 is 0.323 bits per heavy atom. The van der Waals surface area contributed by atoms with Crippen LogP contribution in [-0.2, 0) is 0 Å². The van der Waals surface area contributed by atoms with E-state index in [4.69, 9.17) is 4.74 Å². The largest absolute Gasteiger partial charge is 0.484 e. The summed E-state index contributed by atoms with van der Waals surface area (Å²) in [7, 11) is 0. The van der Waals surface area contributed by atoms with Crippen molar-refractivity contribution in [1.82, 2.24) is 0 Å². The zero-order valence-electron chi connectivity index (χ0n) is 35.3. The topological polar surface area (TPSA) is 9.23 Å². The average molecular weight is 823 g/mol. The first-order chi connectivity index (χ1) is 32.2. The van der Waals surface area contributed by atoms with Gasteiger partial charge in [-0.2, -0.15) is 0 Å². The molecule has 2 unspecified atom stereocenters. The van der Waals surface area contributed by atoms with Gasteiger partial charge in [-0.15, -0.1) is 0 Å². The number of benzene rings is 13. The Bertz CT molecular complexity index is 4190. The molecule has 1 aliphatic heterocycles. The number of hydrogen-bond donors (Lipinski definition) is 0. The second-order valence-corrected chi connectivity index (χ2v) is 18.3. The van der Waals surface area contributed by atoms with Gasteiger partial charge < -0.3 is 4.74 Å². The van der Waals surface area contributed by atoms with Crippen molar-refractivity contribution in [3.8, 4) is 28.0 Å². The zero-order valence-corrected chi connectivity index (χ0v) is 35.3. The summed E-state index contributed by atoms with van der Waals surface area (Å²) in [5.41, 5.74) is 10.8. The van der Waals surface area contributed by atoms with Gasteiger partial charge in [0.15, 0.2) is 0 Å². The third kappa shape index (κ3) is 5.10. The number of hydrogen-bond acceptors (Lipinski definition) is 1. The Labute approximate surface area is 375 Å². The molecule has 1 heterocycles. The maximum Gasteiger partial charge on any atom is 0.135 e. The standard InChI is InChI=1S/C64H38O/c1-3-9-45-31-47(21-15-37(45)7-1)55-33-49(51-27-23-43-19-17-39-11-5-13-41-25-29-53(51)61(43)59(39)41)35-57-58-36-50(34-56(64(58)65-63(55)57)48-22-16-38-8-2-4-10-46(38)32-48)52-28-24-44-20-18-40-12-6-14-42-26-30-54(52)62(44)60(40)42/h1-36,57,63H. The summed E-state index contributed by atoms with van der Waals surface area (Å²) >= 11 is 0. The molecular weight excluding hydrogens is 785 g/mol. The molecule has 1 heteroatoms. The van der Waals surface area contributed by atoms with Crippen molar-refractivity contribution >= 4 is 97.3 Å². The van der Waals surface area contributed by atoms with Gasteiger partial charge in [-0.05, 0) is 150 Å². The van der Waals surface area contributed by atoms with E-state index >= 15 is 0 Å². The molecule has 0 bridgehead atoms. The average Bonchev–Trinajstić information content (AvgIpc) is 3.75. The van der Waals surface area contributed by atoms with E-state index in [9.17, 15) is 0 Å². The molecule has 1 nitrogen and oxygen atoms in total. The molecule has 0 fully saturated rings. The quantitative estimate of drug-likeness (QED) is 0.161. The van der Waals surface area contributed by atoms with Gasteiger partial charge >= 0.3 is 0 Å². The van der Waals surface area contributed by atoms with Gasteiger partial charge in [-0.1, -0.05) is 188 Å². The minimum atomic E-state index is -0.217. The van der Waals surface area contributed by atoms with E-state index in [2.05, 4.69) is 218 Å². The highest BCUT2D eigenvalue weighted by Crippen LogP contribution is 2.55. The molecule has 300 valence electrons. The number of fused-ring (bicyclic) bond motifs is 5. The Hall–Kier alpha value is -8.26. The molecule has 65 heavy (non-hydrogen) atoms. The third-order valence-corrected chi connectivity index (χ3v) is 14.8. The smallest absolute Gasteiger partial charge is 0.135 e. The number of ether oxygens (including phenoxy) is 1. The van der Waals surface area contributed by atoms with Gasteiger partial charge in [-0.25, -0.2) is 0 Å². The molecule has 0 spiro atoms. The fourth-order valence-electron chi connectivity index (χ4n) is 11.8. The molecule has 13 aromatic carbocycles. The van der Waals surface area contributed by atoms with E-state index in [1.165, 1.54) is 125 Å². The predicted molar refractivity (Wildman–Crippen MR) is 276 cm³/mol. The molecule has 0 radical (unpaired) electrons. The molecule has 0 aromatic heterocycles. The summed E-state index contributed by atoms with van der Waals surface area (Å²) in [6.45, 7) is 0. The molecule has 0 saturated heterocycles. The van der Waals surface area contributed by atoms with Crippen LogP contribution in [0.1, 0.15) is 22.6 Å². The molecule has 0 saturated carbocycles.